The molecule has 1 aromatic carbocycles. The highest BCUT2D eigenvalue weighted by atomic mass is 16.2. The van der Waals surface area contributed by atoms with Crippen molar-refractivity contribution in [2.75, 3.05) is 26.2 Å². The maximum atomic E-state index is 12.5. The van der Waals surface area contributed by atoms with Crippen LogP contribution in [0.1, 0.15) is 21.5 Å². The highest BCUT2D eigenvalue weighted by Crippen LogP contribution is 2.15. The van der Waals surface area contributed by atoms with Gasteiger partial charge in [0, 0.05) is 61.8 Å². The predicted octanol–water partition coefficient (Wildman–Crippen LogP) is 2.19. The van der Waals surface area contributed by atoms with E-state index in [0.29, 0.717) is 25.2 Å². The number of benzene rings is 1. The standard InChI is InChI=1S/C21H22N4O2/c1-15-2-3-17-13-18(20(26)23-19(17)12-15)14-24-8-10-25(11-9-24)21(27)16-4-6-22-7-5-16/h2-7,12-13H,8-11,14H2,1H3,(H,23,26). The van der Waals surface area contributed by atoms with E-state index in [2.05, 4.69) is 14.9 Å². The molecule has 6 heteroatoms. The molecule has 27 heavy (non-hydrogen) atoms. The van der Waals surface area contributed by atoms with Gasteiger partial charge >= 0.3 is 0 Å². The molecule has 1 amide bonds. The molecule has 0 saturated carbocycles. The van der Waals surface area contributed by atoms with Crippen LogP contribution in [-0.4, -0.2) is 51.9 Å². The van der Waals surface area contributed by atoms with Gasteiger partial charge in [0.15, 0.2) is 0 Å². The lowest BCUT2D eigenvalue weighted by Crippen LogP contribution is -2.48. The van der Waals surface area contributed by atoms with Gasteiger partial charge in [-0.25, -0.2) is 0 Å². The number of hydrogen-bond donors (Lipinski definition) is 1. The average molecular weight is 362 g/mol. The Morgan fingerprint density at radius 2 is 1.81 bits per heavy atom. The zero-order valence-electron chi connectivity index (χ0n) is 15.3. The number of nitrogens with zero attached hydrogens (tertiary/aromatic N) is 3. The maximum absolute atomic E-state index is 12.5. The first-order valence-corrected chi connectivity index (χ1v) is 9.14. The number of nitrogens with one attached hydrogen (secondary N) is 1. The van der Waals surface area contributed by atoms with Gasteiger partial charge in [-0.3, -0.25) is 19.5 Å². The van der Waals surface area contributed by atoms with Gasteiger partial charge in [-0.15, -0.1) is 0 Å². The number of carbonyl (C=O) groups excluding carboxylic acids is 1. The molecule has 1 aliphatic heterocycles. The Kier molecular flexibility index (Phi) is 4.73. The average Bonchev–Trinajstić information content (AvgIpc) is 2.69. The number of aromatic nitrogens is 2. The van der Waals surface area contributed by atoms with E-state index >= 15 is 0 Å². The lowest BCUT2D eigenvalue weighted by Gasteiger charge is -2.34. The van der Waals surface area contributed by atoms with Crippen molar-refractivity contribution in [1.82, 2.24) is 19.8 Å². The zero-order valence-corrected chi connectivity index (χ0v) is 15.3. The zero-order chi connectivity index (χ0) is 18.8. The van der Waals surface area contributed by atoms with Crippen molar-refractivity contribution in [2.24, 2.45) is 0 Å². The first-order chi connectivity index (χ1) is 13.1. The second-order valence-electron chi connectivity index (χ2n) is 7.02. The number of piperazine rings is 1. The third-order valence-electron chi connectivity index (χ3n) is 5.06. The molecule has 0 radical (unpaired) electrons. The number of H-pyrrole nitrogens is 1. The van der Waals surface area contributed by atoms with E-state index in [1.54, 1.807) is 24.5 Å². The Morgan fingerprint density at radius 3 is 2.56 bits per heavy atom. The van der Waals surface area contributed by atoms with Crippen molar-refractivity contribution in [1.29, 1.82) is 0 Å². The number of carbonyl (C=O) groups is 1. The summed E-state index contributed by atoms with van der Waals surface area (Å²) in [6.07, 6.45) is 3.27. The summed E-state index contributed by atoms with van der Waals surface area (Å²) in [6.45, 7) is 5.43. The van der Waals surface area contributed by atoms with E-state index in [4.69, 9.17) is 0 Å². The lowest BCUT2D eigenvalue weighted by molar-refractivity contribution is 0.0628. The molecule has 0 spiro atoms. The number of hydrogen-bond acceptors (Lipinski definition) is 4. The minimum absolute atomic E-state index is 0.0379. The maximum Gasteiger partial charge on any atom is 0.254 e. The van der Waals surface area contributed by atoms with Crippen molar-refractivity contribution in [3.63, 3.8) is 0 Å². The van der Waals surface area contributed by atoms with E-state index in [1.807, 2.05) is 36.1 Å². The van der Waals surface area contributed by atoms with Gasteiger partial charge in [0.25, 0.3) is 11.5 Å². The minimum Gasteiger partial charge on any atom is -0.336 e. The Morgan fingerprint density at radius 1 is 1.07 bits per heavy atom. The van der Waals surface area contributed by atoms with Crippen LogP contribution in [-0.2, 0) is 6.54 Å². The van der Waals surface area contributed by atoms with Crippen LogP contribution in [0.2, 0.25) is 0 Å². The van der Waals surface area contributed by atoms with Crippen molar-refractivity contribution >= 4 is 16.8 Å². The summed E-state index contributed by atoms with van der Waals surface area (Å²) >= 11 is 0. The summed E-state index contributed by atoms with van der Waals surface area (Å²) in [5, 5.41) is 1.04. The second kappa shape index (κ2) is 7.32. The fourth-order valence-corrected chi connectivity index (χ4v) is 3.50. The van der Waals surface area contributed by atoms with Crippen molar-refractivity contribution < 1.29 is 4.79 Å². The summed E-state index contributed by atoms with van der Waals surface area (Å²) in [5.74, 6) is 0.0379. The van der Waals surface area contributed by atoms with Gasteiger partial charge < -0.3 is 9.88 Å². The molecule has 1 N–H and O–H groups in total. The fourth-order valence-electron chi connectivity index (χ4n) is 3.50. The molecular weight excluding hydrogens is 340 g/mol. The number of pyridine rings is 2. The number of amides is 1. The van der Waals surface area contributed by atoms with Crippen LogP contribution in [0.5, 0.6) is 0 Å². The van der Waals surface area contributed by atoms with Crippen LogP contribution in [0.3, 0.4) is 0 Å². The molecule has 0 unspecified atom stereocenters. The Bertz CT molecular complexity index is 1020. The van der Waals surface area contributed by atoms with Gasteiger partial charge in [-0.2, -0.15) is 0 Å². The second-order valence-corrected chi connectivity index (χ2v) is 7.02. The molecule has 1 aliphatic rings. The highest BCUT2D eigenvalue weighted by Gasteiger charge is 2.22. The van der Waals surface area contributed by atoms with Crippen LogP contribution in [0.25, 0.3) is 10.9 Å². The van der Waals surface area contributed by atoms with Gasteiger partial charge in [-0.05, 0) is 42.1 Å². The molecule has 2 aromatic heterocycles. The number of fused-ring (bicyclic) bond motifs is 1. The Labute approximate surface area is 157 Å². The van der Waals surface area contributed by atoms with E-state index in [0.717, 1.165) is 35.1 Å². The summed E-state index contributed by atoms with van der Waals surface area (Å²) in [4.78, 5) is 36.0. The molecule has 3 aromatic rings. The summed E-state index contributed by atoms with van der Waals surface area (Å²) in [6, 6.07) is 11.5. The van der Waals surface area contributed by atoms with E-state index in [9.17, 15) is 9.59 Å². The van der Waals surface area contributed by atoms with Crippen molar-refractivity contribution in [3.05, 3.63) is 75.8 Å². The molecule has 0 atom stereocenters. The molecule has 3 heterocycles. The van der Waals surface area contributed by atoms with Crippen LogP contribution in [0.15, 0.2) is 53.6 Å². The molecule has 4 rings (SSSR count). The topological polar surface area (TPSA) is 69.3 Å². The van der Waals surface area contributed by atoms with E-state index in [-0.39, 0.29) is 11.5 Å². The molecular formula is C21H22N4O2. The third-order valence-corrected chi connectivity index (χ3v) is 5.06. The van der Waals surface area contributed by atoms with Crippen LogP contribution >= 0.6 is 0 Å². The number of rotatable bonds is 3. The molecule has 1 fully saturated rings. The lowest BCUT2D eigenvalue weighted by atomic mass is 10.1. The normalized spacial score (nSPS) is 15.2. The van der Waals surface area contributed by atoms with Gasteiger partial charge in [0.1, 0.15) is 0 Å². The summed E-state index contributed by atoms with van der Waals surface area (Å²) < 4.78 is 0. The quantitative estimate of drug-likeness (QED) is 0.775. The van der Waals surface area contributed by atoms with E-state index < -0.39 is 0 Å². The predicted molar refractivity (Wildman–Crippen MR) is 105 cm³/mol. The molecule has 138 valence electrons. The molecule has 0 bridgehead atoms. The van der Waals surface area contributed by atoms with Crippen LogP contribution in [0, 0.1) is 6.92 Å². The Balaban J connectivity index is 1.43. The Hall–Kier alpha value is -2.99. The van der Waals surface area contributed by atoms with Crippen LogP contribution < -0.4 is 5.56 Å². The van der Waals surface area contributed by atoms with E-state index in [1.165, 1.54) is 0 Å². The van der Waals surface area contributed by atoms with Crippen molar-refractivity contribution in [2.45, 2.75) is 13.5 Å². The largest absolute Gasteiger partial charge is 0.336 e. The smallest absolute Gasteiger partial charge is 0.254 e. The first-order valence-electron chi connectivity index (χ1n) is 9.14. The minimum atomic E-state index is -0.0385. The van der Waals surface area contributed by atoms with Crippen LogP contribution in [0.4, 0.5) is 0 Å². The molecule has 0 aliphatic carbocycles. The first kappa shape index (κ1) is 17.4. The van der Waals surface area contributed by atoms with Gasteiger partial charge in [0.05, 0.1) is 0 Å². The monoisotopic (exact) mass is 362 g/mol. The number of aromatic amines is 1. The molecule has 6 nitrogen and oxygen atoms in total. The number of aryl methyl sites for hydroxylation is 1. The molecule has 1 saturated heterocycles. The summed E-state index contributed by atoms with van der Waals surface area (Å²) in [5.41, 5.74) is 3.39. The SMILES string of the molecule is Cc1ccc2cc(CN3CCN(C(=O)c4ccncc4)CC3)c(=O)[nH]c2c1. The third kappa shape index (κ3) is 3.75. The van der Waals surface area contributed by atoms with Crippen molar-refractivity contribution in [3.8, 4) is 0 Å². The van der Waals surface area contributed by atoms with Gasteiger partial charge in [-0.1, -0.05) is 12.1 Å². The summed E-state index contributed by atoms with van der Waals surface area (Å²) in [7, 11) is 0. The highest BCUT2D eigenvalue weighted by molar-refractivity contribution is 5.94. The fraction of sp³-hybridized carbons (Fsp3) is 0.286. The van der Waals surface area contributed by atoms with Gasteiger partial charge in [0.2, 0.25) is 0 Å².